The fraction of sp³-hybridized carbons (Fsp3) is 0.200. The minimum absolute atomic E-state index is 0.0508. The van der Waals surface area contributed by atoms with E-state index in [2.05, 4.69) is 175 Å². The third kappa shape index (κ3) is 5.33. The lowest BCUT2D eigenvalue weighted by molar-refractivity contribution is 0.568. The molecule has 2 aliphatic rings. The van der Waals surface area contributed by atoms with Gasteiger partial charge in [-0.15, -0.1) is 0 Å². The summed E-state index contributed by atoms with van der Waals surface area (Å²) >= 11 is 0. The highest BCUT2D eigenvalue weighted by Crippen LogP contribution is 2.40. The van der Waals surface area contributed by atoms with E-state index in [1.54, 1.807) is 0 Å². The fourth-order valence-corrected chi connectivity index (χ4v) is 6.91. The summed E-state index contributed by atoms with van der Waals surface area (Å²) in [6, 6.07) is 42.7. The lowest BCUT2D eigenvalue weighted by Crippen LogP contribution is -2.18. The zero-order valence-electron chi connectivity index (χ0n) is 27.4. The van der Waals surface area contributed by atoms with Crippen LogP contribution in [0.2, 0.25) is 0 Å². The molecule has 2 aliphatic carbocycles. The SMILES string of the molecule is CC(C)(C)c1cc(C2=C(c3c4c(ccc3=C(c3ccccc3)c3ccccc3)=c3ccccc3=C4)CC=C2)cc(C(C)(C)C)c1. The molecule has 0 atom stereocenters. The van der Waals surface area contributed by atoms with E-state index in [1.165, 1.54) is 76.5 Å². The van der Waals surface area contributed by atoms with Gasteiger partial charge in [0.25, 0.3) is 0 Å². The first-order chi connectivity index (χ1) is 21.6. The van der Waals surface area contributed by atoms with Crippen LogP contribution in [-0.4, -0.2) is 0 Å². The molecule has 0 spiro atoms. The van der Waals surface area contributed by atoms with Gasteiger partial charge in [-0.25, -0.2) is 0 Å². The van der Waals surface area contributed by atoms with Crippen LogP contribution < -0.4 is 10.4 Å². The number of benzene rings is 5. The zero-order valence-corrected chi connectivity index (χ0v) is 27.4. The van der Waals surface area contributed by atoms with Crippen molar-refractivity contribution in [3.05, 3.63) is 187 Å². The van der Waals surface area contributed by atoms with Crippen LogP contribution in [0.4, 0.5) is 0 Å². The molecule has 45 heavy (non-hydrogen) atoms. The Labute approximate surface area is 268 Å². The van der Waals surface area contributed by atoms with Crippen molar-refractivity contribution >= 4 is 22.8 Å². The third-order valence-electron chi connectivity index (χ3n) is 9.40. The van der Waals surface area contributed by atoms with Crippen LogP contribution in [0.15, 0.2) is 127 Å². The number of hydrogen-bond acceptors (Lipinski definition) is 0. The molecule has 0 heteroatoms. The number of fused-ring (bicyclic) bond motifs is 2. The molecule has 5 aromatic rings. The molecule has 0 radical (unpaired) electrons. The van der Waals surface area contributed by atoms with Gasteiger partial charge < -0.3 is 0 Å². The summed E-state index contributed by atoms with van der Waals surface area (Å²) in [4.78, 5) is 0. The van der Waals surface area contributed by atoms with Crippen molar-refractivity contribution in [3.8, 4) is 0 Å². The van der Waals surface area contributed by atoms with Crippen molar-refractivity contribution in [1.82, 2.24) is 0 Å². The van der Waals surface area contributed by atoms with Crippen molar-refractivity contribution in [1.29, 1.82) is 0 Å². The van der Waals surface area contributed by atoms with E-state index >= 15 is 0 Å². The molecule has 0 fully saturated rings. The predicted octanol–water partition coefficient (Wildman–Crippen LogP) is 9.83. The van der Waals surface area contributed by atoms with Crippen LogP contribution in [0.25, 0.3) is 22.8 Å². The molecule has 0 amide bonds. The van der Waals surface area contributed by atoms with Gasteiger partial charge in [0.2, 0.25) is 0 Å². The standard InChI is InChI=1S/C45H42/c1-44(2,3)34-26-33(27-35(29-34)45(4,5)6)37-22-15-23-39(37)43-40(25-24-38-36-21-14-13-20-32(36)28-41(38)43)42(30-16-9-7-10-17-30)31-18-11-8-12-19-31/h7-22,24-29H,23H2,1-6H3. The molecule has 0 heterocycles. The van der Waals surface area contributed by atoms with Gasteiger partial charge >= 0.3 is 0 Å². The van der Waals surface area contributed by atoms with Gasteiger partial charge in [0.15, 0.2) is 0 Å². The molecule has 0 aliphatic heterocycles. The molecular formula is C45H42. The van der Waals surface area contributed by atoms with E-state index in [0.717, 1.165) is 6.42 Å². The van der Waals surface area contributed by atoms with Crippen LogP contribution in [0.5, 0.6) is 0 Å². The van der Waals surface area contributed by atoms with Crippen molar-refractivity contribution in [2.24, 2.45) is 0 Å². The smallest absolute Gasteiger partial charge is 0.00325 e. The van der Waals surface area contributed by atoms with Crippen molar-refractivity contribution < 1.29 is 0 Å². The first-order valence-electron chi connectivity index (χ1n) is 16.3. The van der Waals surface area contributed by atoms with Crippen LogP contribution >= 0.6 is 0 Å². The number of hydrogen-bond donors (Lipinski definition) is 0. The molecule has 5 aromatic carbocycles. The topological polar surface area (TPSA) is 0 Å². The summed E-state index contributed by atoms with van der Waals surface area (Å²) in [7, 11) is 0. The second-order valence-electron chi connectivity index (χ2n) is 14.6. The molecular weight excluding hydrogens is 540 g/mol. The van der Waals surface area contributed by atoms with Crippen molar-refractivity contribution in [2.75, 3.05) is 0 Å². The maximum atomic E-state index is 2.44. The Kier molecular flexibility index (Phi) is 7.13. The Morgan fingerprint density at radius 3 is 1.76 bits per heavy atom. The maximum Gasteiger partial charge on any atom is -0.00325 e. The molecule has 0 saturated heterocycles. The molecule has 7 rings (SSSR count). The largest absolute Gasteiger partial charge is 0.0795 e. The van der Waals surface area contributed by atoms with Gasteiger partial charge in [-0.1, -0.05) is 169 Å². The Hall–Kier alpha value is -4.68. The Morgan fingerprint density at radius 1 is 0.578 bits per heavy atom. The minimum atomic E-state index is 0.0508. The number of rotatable bonds is 4. The fourth-order valence-electron chi connectivity index (χ4n) is 6.91. The van der Waals surface area contributed by atoms with Crippen molar-refractivity contribution in [3.63, 3.8) is 0 Å². The van der Waals surface area contributed by atoms with Gasteiger partial charge in [-0.05, 0) is 99.9 Å². The van der Waals surface area contributed by atoms with E-state index in [9.17, 15) is 0 Å². The summed E-state index contributed by atoms with van der Waals surface area (Å²) in [5.74, 6) is 0. The third-order valence-corrected chi connectivity index (χ3v) is 9.40. The van der Waals surface area contributed by atoms with E-state index in [4.69, 9.17) is 0 Å². The molecule has 0 unspecified atom stereocenters. The summed E-state index contributed by atoms with van der Waals surface area (Å²) in [5.41, 5.74) is 13.4. The lowest BCUT2D eigenvalue weighted by atomic mass is 9.78. The van der Waals surface area contributed by atoms with Crippen molar-refractivity contribution in [2.45, 2.75) is 58.8 Å². The van der Waals surface area contributed by atoms with E-state index < -0.39 is 0 Å². The Balaban J connectivity index is 1.64. The highest BCUT2D eigenvalue weighted by molar-refractivity contribution is 6.01. The van der Waals surface area contributed by atoms with Crippen LogP contribution in [0, 0.1) is 10.4 Å². The summed E-state index contributed by atoms with van der Waals surface area (Å²) in [6.07, 6.45) is 8.07. The molecule has 0 N–H and O–H groups in total. The molecule has 222 valence electrons. The quantitative estimate of drug-likeness (QED) is 0.194. The summed E-state index contributed by atoms with van der Waals surface area (Å²) in [6.45, 7) is 14.0. The minimum Gasteiger partial charge on any atom is -0.0795 e. The molecule has 0 nitrogen and oxygen atoms in total. The summed E-state index contributed by atoms with van der Waals surface area (Å²) < 4.78 is 0. The van der Waals surface area contributed by atoms with Crippen LogP contribution in [0.1, 0.15) is 86.9 Å². The second kappa shape index (κ2) is 11.0. The van der Waals surface area contributed by atoms with Crippen LogP contribution in [-0.2, 0) is 10.8 Å². The first-order valence-corrected chi connectivity index (χ1v) is 16.3. The van der Waals surface area contributed by atoms with E-state index in [1.807, 2.05) is 0 Å². The average Bonchev–Trinajstić information content (AvgIpc) is 3.66. The second-order valence-corrected chi connectivity index (χ2v) is 14.6. The molecule has 0 saturated carbocycles. The Bertz CT molecular complexity index is 2140. The highest BCUT2D eigenvalue weighted by atomic mass is 14.3. The highest BCUT2D eigenvalue weighted by Gasteiger charge is 2.25. The van der Waals surface area contributed by atoms with Crippen LogP contribution in [0.3, 0.4) is 0 Å². The lowest BCUT2D eigenvalue weighted by Gasteiger charge is -2.27. The zero-order chi connectivity index (χ0) is 31.3. The first kappa shape index (κ1) is 29.1. The van der Waals surface area contributed by atoms with Gasteiger partial charge in [0.1, 0.15) is 0 Å². The molecule has 0 aromatic heterocycles. The van der Waals surface area contributed by atoms with Gasteiger partial charge in [-0.3, -0.25) is 0 Å². The Morgan fingerprint density at radius 2 is 1.16 bits per heavy atom. The van der Waals surface area contributed by atoms with E-state index in [-0.39, 0.29) is 10.8 Å². The average molecular weight is 583 g/mol. The van der Waals surface area contributed by atoms with Gasteiger partial charge in [0.05, 0.1) is 0 Å². The normalized spacial score (nSPS) is 13.9. The van der Waals surface area contributed by atoms with E-state index in [0.29, 0.717) is 0 Å². The number of allylic oxidation sites excluding steroid dienone is 4. The predicted molar refractivity (Wildman–Crippen MR) is 192 cm³/mol. The summed E-state index contributed by atoms with van der Waals surface area (Å²) in [5, 5.41) is 5.22. The van der Waals surface area contributed by atoms with Gasteiger partial charge in [-0.2, -0.15) is 0 Å². The maximum absolute atomic E-state index is 2.44. The monoisotopic (exact) mass is 582 g/mol. The van der Waals surface area contributed by atoms with Gasteiger partial charge in [0, 0.05) is 0 Å². The molecule has 0 bridgehead atoms.